The zero-order valence-corrected chi connectivity index (χ0v) is 17.7. The number of anilines is 1. The van der Waals surface area contributed by atoms with Crippen molar-refractivity contribution in [2.24, 2.45) is 0 Å². The van der Waals surface area contributed by atoms with Crippen LogP contribution in [0, 0.1) is 10.1 Å². The molecule has 1 fully saturated rings. The quantitative estimate of drug-likeness (QED) is 0.456. The van der Waals surface area contributed by atoms with E-state index >= 15 is 0 Å². The Morgan fingerprint density at radius 2 is 1.91 bits per heavy atom. The molecule has 3 rings (SSSR count). The number of ether oxygens (including phenoxy) is 2. The lowest BCUT2D eigenvalue weighted by Gasteiger charge is -2.30. The molecule has 10 heteroatoms. The SMILES string of the molecule is COc1ccc(CCNC(=O)c2cc([N+](=O)[O-])ccc2N2CCCCC2)cc1OC(F)F. The van der Waals surface area contributed by atoms with Crippen LogP contribution in [0.3, 0.4) is 0 Å². The molecule has 1 aliphatic rings. The van der Waals surface area contributed by atoms with Gasteiger partial charge in [0.05, 0.1) is 23.3 Å². The summed E-state index contributed by atoms with van der Waals surface area (Å²) >= 11 is 0. The molecule has 1 N–H and O–H groups in total. The van der Waals surface area contributed by atoms with Crippen LogP contribution in [0.4, 0.5) is 20.2 Å². The largest absolute Gasteiger partial charge is 0.493 e. The molecule has 0 bridgehead atoms. The fourth-order valence-electron chi connectivity index (χ4n) is 3.71. The number of amides is 1. The molecule has 0 radical (unpaired) electrons. The number of rotatable bonds is 9. The van der Waals surface area contributed by atoms with Crippen molar-refractivity contribution in [2.45, 2.75) is 32.3 Å². The van der Waals surface area contributed by atoms with Crippen LogP contribution < -0.4 is 19.7 Å². The number of carbonyl (C=O) groups excluding carboxylic acids is 1. The predicted octanol–water partition coefficient (Wildman–Crippen LogP) is 4.17. The number of carbonyl (C=O) groups is 1. The smallest absolute Gasteiger partial charge is 0.387 e. The molecule has 0 atom stereocenters. The third-order valence-corrected chi connectivity index (χ3v) is 5.28. The van der Waals surface area contributed by atoms with Gasteiger partial charge in [-0.3, -0.25) is 14.9 Å². The van der Waals surface area contributed by atoms with E-state index in [0.29, 0.717) is 17.7 Å². The van der Waals surface area contributed by atoms with Gasteiger partial charge >= 0.3 is 6.61 Å². The number of alkyl halides is 2. The van der Waals surface area contributed by atoms with Gasteiger partial charge in [0.15, 0.2) is 11.5 Å². The zero-order chi connectivity index (χ0) is 23.1. The highest BCUT2D eigenvalue weighted by Crippen LogP contribution is 2.30. The van der Waals surface area contributed by atoms with Crippen LogP contribution in [0.1, 0.15) is 35.2 Å². The van der Waals surface area contributed by atoms with E-state index in [1.54, 1.807) is 12.1 Å². The van der Waals surface area contributed by atoms with Crippen molar-refractivity contribution >= 4 is 17.3 Å². The number of nitro benzene ring substituents is 1. The third-order valence-electron chi connectivity index (χ3n) is 5.28. The number of halogens is 2. The first-order valence-electron chi connectivity index (χ1n) is 10.3. The minimum Gasteiger partial charge on any atom is -0.493 e. The molecule has 1 amide bonds. The highest BCUT2D eigenvalue weighted by molar-refractivity contribution is 6.00. The van der Waals surface area contributed by atoms with E-state index in [-0.39, 0.29) is 29.3 Å². The number of piperidine rings is 1. The molecule has 0 unspecified atom stereocenters. The number of hydrogen-bond acceptors (Lipinski definition) is 6. The number of non-ortho nitro benzene ring substituents is 1. The molecule has 2 aromatic carbocycles. The first-order valence-corrected chi connectivity index (χ1v) is 10.3. The van der Waals surface area contributed by atoms with Gasteiger partial charge < -0.3 is 19.7 Å². The Hall–Kier alpha value is -3.43. The summed E-state index contributed by atoms with van der Waals surface area (Å²) in [5.41, 5.74) is 1.43. The van der Waals surface area contributed by atoms with Gasteiger partial charge in [0.25, 0.3) is 11.6 Å². The summed E-state index contributed by atoms with van der Waals surface area (Å²) in [7, 11) is 1.35. The van der Waals surface area contributed by atoms with Crippen LogP contribution in [-0.2, 0) is 6.42 Å². The summed E-state index contributed by atoms with van der Waals surface area (Å²) in [6, 6.07) is 8.96. The minimum absolute atomic E-state index is 0.0857. The lowest BCUT2D eigenvalue weighted by molar-refractivity contribution is -0.384. The summed E-state index contributed by atoms with van der Waals surface area (Å²) in [4.78, 5) is 25.6. The summed E-state index contributed by atoms with van der Waals surface area (Å²) in [6.07, 6.45) is 3.46. The summed E-state index contributed by atoms with van der Waals surface area (Å²) in [5, 5.41) is 14.0. The van der Waals surface area contributed by atoms with E-state index in [2.05, 4.69) is 15.0 Å². The molecule has 172 valence electrons. The number of hydrogen-bond donors (Lipinski definition) is 1. The molecule has 1 heterocycles. The lowest BCUT2D eigenvalue weighted by atomic mass is 10.1. The van der Waals surface area contributed by atoms with Gasteiger partial charge in [-0.25, -0.2) is 0 Å². The van der Waals surface area contributed by atoms with Crippen molar-refractivity contribution in [3.05, 3.63) is 57.6 Å². The second-order valence-electron chi connectivity index (χ2n) is 7.38. The highest BCUT2D eigenvalue weighted by Gasteiger charge is 2.22. The Morgan fingerprint density at radius 1 is 1.16 bits per heavy atom. The number of methoxy groups -OCH3 is 1. The Morgan fingerprint density at radius 3 is 2.56 bits per heavy atom. The van der Waals surface area contributed by atoms with Crippen LogP contribution in [0.2, 0.25) is 0 Å². The van der Waals surface area contributed by atoms with Gasteiger partial charge in [-0.15, -0.1) is 0 Å². The Labute approximate surface area is 184 Å². The predicted molar refractivity (Wildman–Crippen MR) is 115 cm³/mol. The standard InChI is InChI=1S/C22H25F2N3O5/c1-31-19-8-5-15(13-20(19)32-22(23)24)9-10-25-21(28)17-14-16(27(29)30)6-7-18(17)26-11-3-2-4-12-26/h5-8,13-14,22H,2-4,9-12H2,1H3,(H,25,28). The first-order chi connectivity index (χ1) is 15.4. The normalized spacial score (nSPS) is 13.7. The minimum atomic E-state index is -2.99. The van der Waals surface area contributed by atoms with E-state index in [9.17, 15) is 23.7 Å². The maximum absolute atomic E-state index is 12.9. The van der Waals surface area contributed by atoms with E-state index in [4.69, 9.17) is 4.74 Å². The van der Waals surface area contributed by atoms with Crippen molar-refractivity contribution in [1.29, 1.82) is 0 Å². The zero-order valence-electron chi connectivity index (χ0n) is 17.7. The van der Waals surface area contributed by atoms with E-state index in [1.165, 1.54) is 31.4 Å². The Balaban J connectivity index is 1.71. The molecule has 8 nitrogen and oxygen atoms in total. The highest BCUT2D eigenvalue weighted by atomic mass is 19.3. The maximum Gasteiger partial charge on any atom is 0.387 e. The molecule has 32 heavy (non-hydrogen) atoms. The fraction of sp³-hybridized carbons (Fsp3) is 0.409. The average Bonchev–Trinajstić information content (AvgIpc) is 2.79. The summed E-state index contributed by atoms with van der Waals surface area (Å²) < 4.78 is 34.7. The molecule has 1 saturated heterocycles. The van der Waals surface area contributed by atoms with Gasteiger partial charge in [0.2, 0.25) is 0 Å². The number of benzene rings is 2. The second-order valence-corrected chi connectivity index (χ2v) is 7.38. The number of nitrogens with one attached hydrogen (secondary N) is 1. The first kappa shape index (κ1) is 23.2. The second kappa shape index (κ2) is 10.7. The van der Waals surface area contributed by atoms with Crippen LogP contribution >= 0.6 is 0 Å². The van der Waals surface area contributed by atoms with Crippen LogP contribution in [0.25, 0.3) is 0 Å². The van der Waals surface area contributed by atoms with Crippen molar-refractivity contribution in [2.75, 3.05) is 31.6 Å². The van der Waals surface area contributed by atoms with Crippen molar-refractivity contribution in [3.8, 4) is 11.5 Å². The van der Waals surface area contributed by atoms with Crippen LogP contribution in [0.15, 0.2) is 36.4 Å². The monoisotopic (exact) mass is 449 g/mol. The van der Waals surface area contributed by atoms with Crippen LogP contribution in [0.5, 0.6) is 11.5 Å². The number of nitrogens with zero attached hydrogens (tertiary/aromatic N) is 2. The van der Waals surface area contributed by atoms with E-state index < -0.39 is 17.4 Å². The topological polar surface area (TPSA) is 93.9 Å². The van der Waals surface area contributed by atoms with Gasteiger partial charge in [0.1, 0.15) is 0 Å². The molecule has 0 spiro atoms. The fourth-order valence-corrected chi connectivity index (χ4v) is 3.71. The Kier molecular flexibility index (Phi) is 7.80. The van der Waals surface area contributed by atoms with E-state index in [0.717, 1.165) is 32.4 Å². The van der Waals surface area contributed by atoms with Gasteiger partial charge in [-0.05, 0) is 49.4 Å². The molecular weight excluding hydrogens is 424 g/mol. The number of nitro groups is 1. The average molecular weight is 449 g/mol. The van der Waals surface area contributed by atoms with E-state index in [1.807, 2.05) is 0 Å². The third kappa shape index (κ3) is 5.83. The molecule has 2 aromatic rings. The summed E-state index contributed by atoms with van der Waals surface area (Å²) in [5.74, 6) is -0.329. The molecule has 1 aliphatic heterocycles. The van der Waals surface area contributed by atoms with Gasteiger partial charge in [-0.1, -0.05) is 6.07 Å². The summed E-state index contributed by atoms with van der Waals surface area (Å²) in [6.45, 7) is -1.20. The molecular formula is C22H25F2N3O5. The van der Waals surface area contributed by atoms with Crippen molar-refractivity contribution in [3.63, 3.8) is 0 Å². The molecule has 0 saturated carbocycles. The van der Waals surface area contributed by atoms with Crippen LogP contribution in [-0.4, -0.2) is 44.2 Å². The van der Waals surface area contributed by atoms with Crippen molar-refractivity contribution < 1.29 is 28.0 Å². The van der Waals surface area contributed by atoms with Gasteiger partial charge in [-0.2, -0.15) is 8.78 Å². The lowest BCUT2D eigenvalue weighted by Crippen LogP contribution is -2.33. The molecule has 0 aliphatic carbocycles. The van der Waals surface area contributed by atoms with Crippen molar-refractivity contribution in [1.82, 2.24) is 5.32 Å². The maximum atomic E-state index is 12.9. The van der Waals surface area contributed by atoms with Gasteiger partial charge in [0, 0.05) is 31.8 Å². The Bertz CT molecular complexity index is 965. The molecule has 0 aromatic heterocycles.